The highest BCUT2D eigenvalue weighted by Crippen LogP contribution is 2.07. The number of pyridine rings is 1. The molecule has 0 aliphatic heterocycles. The van der Waals surface area contributed by atoms with E-state index < -0.39 is 0 Å². The molecule has 0 spiro atoms. The van der Waals surface area contributed by atoms with Gasteiger partial charge in [-0.25, -0.2) is 4.68 Å². The summed E-state index contributed by atoms with van der Waals surface area (Å²) in [5.41, 5.74) is 8.67. The molecule has 0 bridgehead atoms. The van der Waals surface area contributed by atoms with E-state index in [2.05, 4.69) is 15.3 Å². The first kappa shape index (κ1) is 10.8. The van der Waals surface area contributed by atoms with Gasteiger partial charge in [-0.2, -0.15) is 0 Å². The number of aryl methyl sites for hydroxylation is 1. The molecule has 0 amide bonds. The van der Waals surface area contributed by atoms with Gasteiger partial charge in [-0.3, -0.25) is 4.98 Å². The van der Waals surface area contributed by atoms with Crippen molar-refractivity contribution in [2.24, 2.45) is 5.73 Å². The van der Waals surface area contributed by atoms with Crippen molar-refractivity contribution in [1.29, 1.82) is 0 Å². The summed E-state index contributed by atoms with van der Waals surface area (Å²) in [5.74, 6) is 0. The summed E-state index contributed by atoms with van der Waals surface area (Å²) >= 11 is 0. The zero-order valence-corrected chi connectivity index (χ0v) is 9.46. The van der Waals surface area contributed by atoms with Gasteiger partial charge in [-0.1, -0.05) is 11.3 Å². The largest absolute Gasteiger partial charge is 0.323 e. The summed E-state index contributed by atoms with van der Waals surface area (Å²) in [4.78, 5) is 4.31. The van der Waals surface area contributed by atoms with Crippen LogP contribution in [0.1, 0.15) is 29.9 Å². The lowest BCUT2D eigenvalue weighted by Gasteiger charge is -2.03. The minimum absolute atomic E-state index is 0.0846. The van der Waals surface area contributed by atoms with Gasteiger partial charge in [0.2, 0.25) is 0 Å². The Hall–Kier alpha value is -1.75. The summed E-state index contributed by atoms with van der Waals surface area (Å²) in [6.45, 7) is 4.55. The average molecular weight is 217 g/mol. The van der Waals surface area contributed by atoms with Gasteiger partial charge < -0.3 is 5.73 Å². The lowest BCUT2D eigenvalue weighted by molar-refractivity contribution is 0.635. The second-order valence-corrected chi connectivity index (χ2v) is 3.90. The number of hydrogen-bond donors (Lipinski definition) is 1. The third-order valence-electron chi connectivity index (χ3n) is 2.45. The molecule has 0 aliphatic carbocycles. The SMILES string of the molecule is Cc1cccnc1Cn1cc(C(C)N)nn1. The predicted octanol–water partition coefficient (Wildman–Crippen LogP) is 1.05. The molecule has 2 aromatic rings. The number of hydrogen-bond acceptors (Lipinski definition) is 4. The van der Waals surface area contributed by atoms with Crippen LogP contribution in [0.2, 0.25) is 0 Å². The van der Waals surface area contributed by atoms with E-state index in [1.54, 1.807) is 10.9 Å². The van der Waals surface area contributed by atoms with E-state index in [-0.39, 0.29) is 6.04 Å². The molecule has 2 aromatic heterocycles. The van der Waals surface area contributed by atoms with Crippen LogP contribution in [0, 0.1) is 6.92 Å². The van der Waals surface area contributed by atoms with Crippen molar-refractivity contribution >= 4 is 0 Å². The Morgan fingerprint density at radius 1 is 1.50 bits per heavy atom. The van der Waals surface area contributed by atoms with Gasteiger partial charge in [0.15, 0.2) is 0 Å². The summed E-state index contributed by atoms with van der Waals surface area (Å²) in [5, 5.41) is 8.02. The standard InChI is InChI=1S/C11H15N5/c1-8-4-3-5-13-10(8)6-16-7-11(9(2)12)14-15-16/h3-5,7,9H,6,12H2,1-2H3. The molecule has 5 nitrogen and oxygen atoms in total. The van der Waals surface area contributed by atoms with Crippen LogP contribution in [0.3, 0.4) is 0 Å². The molecule has 2 rings (SSSR count). The van der Waals surface area contributed by atoms with Crippen molar-refractivity contribution in [2.75, 3.05) is 0 Å². The van der Waals surface area contributed by atoms with Gasteiger partial charge in [0.05, 0.1) is 24.1 Å². The summed E-state index contributed by atoms with van der Waals surface area (Å²) in [6, 6.07) is 3.87. The molecular weight excluding hydrogens is 202 g/mol. The topological polar surface area (TPSA) is 69.6 Å². The molecule has 0 aliphatic rings. The Bertz CT molecular complexity index is 475. The maximum Gasteiger partial charge on any atom is 0.0991 e. The Labute approximate surface area is 94.3 Å². The third kappa shape index (κ3) is 2.25. The van der Waals surface area contributed by atoms with E-state index in [1.165, 1.54) is 0 Å². The maximum absolute atomic E-state index is 5.72. The van der Waals surface area contributed by atoms with Crippen LogP contribution in [0.15, 0.2) is 24.5 Å². The summed E-state index contributed by atoms with van der Waals surface area (Å²) < 4.78 is 1.76. The Balaban J connectivity index is 2.18. The quantitative estimate of drug-likeness (QED) is 0.834. The van der Waals surface area contributed by atoms with Crippen LogP contribution in [0.25, 0.3) is 0 Å². The number of nitrogens with two attached hydrogens (primary N) is 1. The fraction of sp³-hybridized carbons (Fsp3) is 0.364. The van der Waals surface area contributed by atoms with E-state index in [0.717, 1.165) is 17.0 Å². The Kier molecular flexibility index (Phi) is 2.96. The van der Waals surface area contributed by atoms with Crippen LogP contribution >= 0.6 is 0 Å². The molecule has 0 saturated heterocycles. The second kappa shape index (κ2) is 4.40. The molecule has 0 radical (unpaired) electrons. The Morgan fingerprint density at radius 2 is 2.31 bits per heavy atom. The molecule has 1 atom stereocenters. The molecule has 0 saturated carbocycles. The van der Waals surface area contributed by atoms with Gasteiger partial charge in [0.1, 0.15) is 0 Å². The number of rotatable bonds is 3. The molecule has 16 heavy (non-hydrogen) atoms. The van der Waals surface area contributed by atoms with Crippen molar-refractivity contribution in [3.05, 3.63) is 41.5 Å². The molecular formula is C11H15N5. The molecule has 2 N–H and O–H groups in total. The highest BCUT2D eigenvalue weighted by molar-refractivity contribution is 5.17. The molecule has 5 heteroatoms. The molecule has 1 unspecified atom stereocenters. The second-order valence-electron chi connectivity index (χ2n) is 3.90. The molecule has 0 aromatic carbocycles. The van der Waals surface area contributed by atoms with E-state index in [4.69, 9.17) is 5.73 Å². The minimum Gasteiger partial charge on any atom is -0.323 e. The van der Waals surface area contributed by atoms with Crippen LogP contribution in [0.4, 0.5) is 0 Å². The minimum atomic E-state index is -0.0846. The van der Waals surface area contributed by atoms with Crippen molar-refractivity contribution in [3.63, 3.8) is 0 Å². The van der Waals surface area contributed by atoms with Crippen LogP contribution < -0.4 is 5.73 Å². The van der Waals surface area contributed by atoms with Crippen LogP contribution in [-0.2, 0) is 6.54 Å². The van der Waals surface area contributed by atoms with Gasteiger partial charge in [-0.15, -0.1) is 5.10 Å². The first-order valence-corrected chi connectivity index (χ1v) is 5.23. The van der Waals surface area contributed by atoms with Gasteiger partial charge in [-0.05, 0) is 25.5 Å². The monoisotopic (exact) mass is 217 g/mol. The smallest absolute Gasteiger partial charge is 0.0991 e. The normalized spacial score (nSPS) is 12.7. The fourth-order valence-corrected chi connectivity index (χ4v) is 1.44. The zero-order chi connectivity index (χ0) is 11.5. The molecule has 84 valence electrons. The molecule has 2 heterocycles. The highest BCUT2D eigenvalue weighted by Gasteiger charge is 2.06. The third-order valence-corrected chi connectivity index (χ3v) is 2.45. The van der Waals surface area contributed by atoms with E-state index >= 15 is 0 Å². The van der Waals surface area contributed by atoms with Crippen molar-refractivity contribution in [2.45, 2.75) is 26.4 Å². The fourth-order valence-electron chi connectivity index (χ4n) is 1.44. The van der Waals surface area contributed by atoms with Crippen LogP contribution in [-0.4, -0.2) is 20.0 Å². The number of aromatic nitrogens is 4. The van der Waals surface area contributed by atoms with Crippen molar-refractivity contribution in [1.82, 2.24) is 20.0 Å². The summed E-state index contributed by atoms with van der Waals surface area (Å²) in [7, 11) is 0. The lowest BCUT2D eigenvalue weighted by atomic mass is 10.2. The Morgan fingerprint density at radius 3 is 2.94 bits per heavy atom. The number of nitrogens with zero attached hydrogens (tertiary/aromatic N) is 4. The first-order valence-electron chi connectivity index (χ1n) is 5.23. The highest BCUT2D eigenvalue weighted by atomic mass is 15.4. The first-order chi connectivity index (χ1) is 7.66. The molecule has 0 fully saturated rings. The zero-order valence-electron chi connectivity index (χ0n) is 9.46. The summed E-state index contributed by atoms with van der Waals surface area (Å²) in [6.07, 6.45) is 3.64. The predicted molar refractivity (Wildman–Crippen MR) is 60.7 cm³/mol. The van der Waals surface area contributed by atoms with Gasteiger partial charge in [0.25, 0.3) is 0 Å². The van der Waals surface area contributed by atoms with E-state index in [9.17, 15) is 0 Å². The van der Waals surface area contributed by atoms with Gasteiger partial charge >= 0.3 is 0 Å². The lowest BCUT2D eigenvalue weighted by Crippen LogP contribution is -2.05. The van der Waals surface area contributed by atoms with E-state index in [1.807, 2.05) is 32.2 Å². The van der Waals surface area contributed by atoms with Crippen molar-refractivity contribution in [3.8, 4) is 0 Å². The van der Waals surface area contributed by atoms with Crippen molar-refractivity contribution < 1.29 is 0 Å². The van der Waals surface area contributed by atoms with Gasteiger partial charge in [0, 0.05) is 12.2 Å². The van der Waals surface area contributed by atoms with E-state index in [0.29, 0.717) is 6.54 Å². The maximum atomic E-state index is 5.72. The van der Waals surface area contributed by atoms with Crippen LogP contribution in [0.5, 0.6) is 0 Å². The average Bonchev–Trinajstić information content (AvgIpc) is 2.70.